The standard InChI is InChI=1S/C12H19N/c1-4-9-13(3)10-12-8-6-5-7-11(12)2/h5-8H,4,9-10H2,1-3H3. The molecule has 1 heteroatoms. The molecule has 0 unspecified atom stereocenters. The Kier molecular flexibility index (Phi) is 3.97. The molecule has 0 fully saturated rings. The minimum atomic E-state index is 1.07. The van der Waals surface area contributed by atoms with Crippen molar-refractivity contribution in [2.75, 3.05) is 13.6 Å². The summed E-state index contributed by atoms with van der Waals surface area (Å²) >= 11 is 0. The van der Waals surface area contributed by atoms with Gasteiger partial charge in [0.05, 0.1) is 0 Å². The first-order valence-corrected chi connectivity index (χ1v) is 4.97. The van der Waals surface area contributed by atoms with Crippen molar-refractivity contribution in [3.8, 4) is 0 Å². The lowest BCUT2D eigenvalue weighted by Crippen LogP contribution is -2.18. The Morgan fingerprint density at radius 2 is 1.92 bits per heavy atom. The molecule has 0 N–H and O–H groups in total. The summed E-state index contributed by atoms with van der Waals surface area (Å²) in [4.78, 5) is 2.36. The number of aryl methyl sites for hydroxylation is 1. The molecule has 1 nitrogen and oxygen atoms in total. The van der Waals surface area contributed by atoms with Crippen molar-refractivity contribution in [3.05, 3.63) is 35.4 Å². The topological polar surface area (TPSA) is 3.24 Å². The first kappa shape index (κ1) is 10.3. The summed E-state index contributed by atoms with van der Waals surface area (Å²) in [6.07, 6.45) is 1.22. The molecule has 0 saturated carbocycles. The first-order chi connectivity index (χ1) is 6.24. The van der Waals surface area contributed by atoms with Crippen LogP contribution in [0.25, 0.3) is 0 Å². The fourth-order valence-corrected chi connectivity index (χ4v) is 1.54. The second kappa shape index (κ2) is 5.03. The lowest BCUT2D eigenvalue weighted by atomic mass is 10.1. The maximum absolute atomic E-state index is 2.36. The van der Waals surface area contributed by atoms with Crippen molar-refractivity contribution < 1.29 is 0 Å². The van der Waals surface area contributed by atoms with Crippen LogP contribution in [-0.4, -0.2) is 18.5 Å². The molecule has 0 aliphatic carbocycles. The average Bonchev–Trinajstić information content (AvgIpc) is 2.09. The maximum Gasteiger partial charge on any atom is 0.0233 e. The average molecular weight is 177 g/mol. The van der Waals surface area contributed by atoms with Crippen LogP contribution < -0.4 is 0 Å². The second-order valence-electron chi connectivity index (χ2n) is 3.66. The third-order valence-corrected chi connectivity index (χ3v) is 2.31. The quantitative estimate of drug-likeness (QED) is 0.683. The molecule has 0 aromatic heterocycles. The van der Waals surface area contributed by atoms with Crippen molar-refractivity contribution in [1.29, 1.82) is 0 Å². The highest BCUT2D eigenvalue weighted by atomic mass is 15.1. The molecule has 0 aliphatic heterocycles. The Morgan fingerprint density at radius 3 is 2.54 bits per heavy atom. The molecule has 1 rings (SSSR count). The van der Waals surface area contributed by atoms with Crippen LogP contribution in [0.3, 0.4) is 0 Å². The van der Waals surface area contributed by atoms with Gasteiger partial charge in [0.1, 0.15) is 0 Å². The molecular weight excluding hydrogens is 158 g/mol. The summed E-state index contributed by atoms with van der Waals surface area (Å²) in [5.74, 6) is 0. The van der Waals surface area contributed by atoms with Crippen molar-refractivity contribution in [3.63, 3.8) is 0 Å². The Balaban J connectivity index is 2.58. The predicted molar refractivity (Wildman–Crippen MR) is 57.8 cm³/mol. The fourth-order valence-electron chi connectivity index (χ4n) is 1.54. The van der Waals surface area contributed by atoms with Crippen molar-refractivity contribution >= 4 is 0 Å². The maximum atomic E-state index is 2.36. The van der Waals surface area contributed by atoms with E-state index in [0.717, 1.165) is 6.54 Å². The summed E-state index contributed by atoms with van der Waals surface area (Å²) in [6, 6.07) is 8.59. The normalized spacial score (nSPS) is 10.8. The van der Waals surface area contributed by atoms with Crippen LogP contribution in [-0.2, 0) is 6.54 Å². The van der Waals surface area contributed by atoms with Gasteiger partial charge < -0.3 is 4.90 Å². The zero-order valence-corrected chi connectivity index (χ0v) is 8.88. The Hall–Kier alpha value is -0.820. The smallest absolute Gasteiger partial charge is 0.0233 e. The zero-order valence-electron chi connectivity index (χ0n) is 8.88. The Bertz CT molecular complexity index is 255. The van der Waals surface area contributed by atoms with Gasteiger partial charge in [0, 0.05) is 6.54 Å². The summed E-state index contributed by atoms with van der Waals surface area (Å²) in [5.41, 5.74) is 2.84. The first-order valence-electron chi connectivity index (χ1n) is 4.97. The van der Waals surface area contributed by atoms with Gasteiger partial charge in [-0.05, 0) is 38.1 Å². The molecule has 0 spiro atoms. The number of rotatable bonds is 4. The van der Waals surface area contributed by atoms with E-state index in [1.807, 2.05) is 0 Å². The van der Waals surface area contributed by atoms with Gasteiger partial charge in [0.15, 0.2) is 0 Å². The van der Waals surface area contributed by atoms with Gasteiger partial charge in [0.2, 0.25) is 0 Å². The minimum absolute atomic E-state index is 1.07. The molecule has 0 bridgehead atoms. The molecular formula is C12H19N. The highest BCUT2D eigenvalue weighted by Gasteiger charge is 2.00. The van der Waals surface area contributed by atoms with Crippen LogP contribution in [0.1, 0.15) is 24.5 Å². The van der Waals surface area contributed by atoms with Crippen LogP contribution in [0.2, 0.25) is 0 Å². The highest BCUT2D eigenvalue weighted by molar-refractivity contribution is 5.25. The van der Waals surface area contributed by atoms with Gasteiger partial charge >= 0.3 is 0 Å². The predicted octanol–water partition coefficient (Wildman–Crippen LogP) is 2.84. The molecule has 0 aliphatic rings. The zero-order chi connectivity index (χ0) is 9.68. The third-order valence-electron chi connectivity index (χ3n) is 2.31. The summed E-state index contributed by atoms with van der Waals surface area (Å²) in [5, 5.41) is 0. The molecule has 72 valence electrons. The SMILES string of the molecule is CCCN(C)Cc1ccccc1C. The lowest BCUT2D eigenvalue weighted by molar-refractivity contribution is 0.327. The van der Waals surface area contributed by atoms with E-state index < -0.39 is 0 Å². The van der Waals surface area contributed by atoms with Crippen LogP contribution in [0.4, 0.5) is 0 Å². The highest BCUT2D eigenvalue weighted by Crippen LogP contribution is 2.09. The second-order valence-corrected chi connectivity index (χ2v) is 3.66. The van der Waals surface area contributed by atoms with E-state index in [1.54, 1.807) is 0 Å². The number of hydrogen-bond donors (Lipinski definition) is 0. The molecule has 13 heavy (non-hydrogen) atoms. The van der Waals surface area contributed by atoms with Crippen molar-refractivity contribution in [2.24, 2.45) is 0 Å². The number of benzene rings is 1. The van der Waals surface area contributed by atoms with Gasteiger partial charge in [-0.3, -0.25) is 0 Å². The molecule has 0 amide bonds. The Morgan fingerprint density at radius 1 is 1.23 bits per heavy atom. The molecule has 0 radical (unpaired) electrons. The summed E-state index contributed by atoms with van der Waals surface area (Å²) in [7, 11) is 2.18. The lowest BCUT2D eigenvalue weighted by Gasteiger charge is -2.16. The van der Waals surface area contributed by atoms with Gasteiger partial charge in [-0.15, -0.1) is 0 Å². The van der Waals surface area contributed by atoms with Crippen LogP contribution in [0.15, 0.2) is 24.3 Å². The van der Waals surface area contributed by atoms with E-state index in [2.05, 4.69) is 50.1 Å². The molecule has 1 aromatic carbocycles. The van der Waals surface area contributed by atoms with Crippen LogP contribution >= 0.6 is 0 Å². The van der Waals surface area contributed by atoms with E-state index in [1.165, 1.54) is 24.1 Å². The van der Waals surface area contributed by atoms with E-state index in [0.29, 0.717) is 0 Å². The molecule has 0 saturated heterocycles. The van der Waals surface area contributed by atoms with Crippen molar-refractivity contribution in [1.82, 2.24) is 4.90 Å². The van der Waals surface area contributed by atoms with Crippen LogP contribution in [0, 0.1) is 6.92 Å². The van der Waals surface area contributed by atoms with Gasteiger partial charge in [0.25, 0.3) is 0 Å². The van der Waals surface area contributed by atoms with Crippen molar-refractivity contribution in [2.45, 2.75) is 26.8 Å². The molecule has 0 atom stereocenters. The Labute approximate surface area is 81.4 Å². The van der Waals surface area contributed by atoms with E-state index in [4.69, 9.17) is 0 Å². The van der Waals surface area contributed by atoms with E-state index in [9.17, 15) is 0 Å². The van der Waals surface area contributed by atoms with E-state index >= 15 is 0 Å². The monoisotopic (exact) mass is 177 g/mol. The summed E-state index contributed by atoms with van der Waals surface area (Å²) in [6.45, 7) is 6.64. The number of nitrogens with zero attached hydrogens (tertiary/aromatic N) is 1. The van der Waals surface area contributed by atoms with E-state index in [-0.39, 0.29) is 0 Å². The number of hydrogen-bond acceptors (Lipinski definition) is 1. The van der Waals surface area contributed by atoms with Crippen LogP contribution in [0.5, 0.6) is 0 Å². The minimum Gasteiger partial charge on any atom is -0.302 e. The third kappa shape index (κ3) is 3.19. The fraction of sp³-hybridized carbons (Fsp3) is 0.500. The summed E-state index contributed by atoms with van der Waals surface area (Å²) < 4.78 is 0. The van der Waals surface area contributed by atoms with Gasteiger partial charge in [-0.25, -0.2) is 0 Å². The largest absolute Gasteiger partial charge is 0.302 e. The molecule has 1 aromatic rings. The van der Waals surface area contributed by atoms with Gasteiger partial charge in [-0.2, -0.15) is 0 Å². The molecule has 0 heterocycles. The van der Waals surface area contributed by atoms with Gasteiger partial charge in [-0.1, -0.05) is 31.2 Å².